The first kappa shape index (κ1) is 17.7. The van der Waals surface area contributed by atoms with Crippen molar-refractivity contribution in [2.45, 2.75) is 46.2 Å². The average Bonchev–Trinajstić information content (AvgIpc) is 3.19. The molecule has 0 aliphatic carbocycles. The van der Waals surface area contributed by atoms with Crippen LogP contribution in [0.5, 0.6) is 0 Å². The Morgan fingerprint density at radius 1 is 1.32 bits per heavy atom. The van der Waals surface area contributed by atoms with E-state index in [1.165, 1.54) is 5.69 Å². The van der Waals surface area contributed by atoms with Gasteiger partial charge in [-0.25, -0.2) is 9.97 Å². The van der Waals surface area contributed by atoms with E-state index in [1.807, 2.05) is 13.0 Å². The molecule has 1 saturated heterocycles. The standard InChI is InChI=1S/C18H28N6O/c1-13(10-24-15(3)7-14(2)22-24)9-19-17-8-18(21-12-20-17)23-6-4-5-16(23)11-25/h7-8,12-13,16,25H,4-6,9-11H2,1-3H3,(H,19,20,21)/t13-,16+/m1/s1. The molecule has 3 rings (SSSR count). The van der Waals surface area contributed by atoms with Gasteiger partial charge in [-0.1, -0.05) is 6.92 Å². The average molecular weight is 344 g/mol. The monoisotopic (exact) mass is 344 g/mol. The molecule has 2 N–H and O–H groups in total. The van der Waals surface area contributed by atoms with Crippen LogP contribution in [0.4, 0.5) is 11.6 Å². The molecule has 0 amide bonds. The highest BCUT2D eigenvalue weighted by molar-refractivity contribution is 5.49. The lowest BCUT2D eigenvalue weighted by molar-refractivity contribution is 0.266. The molecule has 1 fully saturated rings. The van der Waals surface area contributed by atoms with E-state index in [4.69, 9.17) is 0 Å². The van der Waals surface area contributed by atoms with Gasteiger partial charge in [-0.05, 0) is 38.7 Å². The van der Waals surface area contributed by atoms with Crippen molar-refractivity contribution in [3.05, 3.63) is 29.8 Å². The van der Waals surface area contributed by atoms with Crippen LogP contribution in [0.25, 0.3) is 0 Å². The van der Waals surface area contributed by atoms with E-state index in [1.54, 1.807) is 6.33 Å². The first-order valence-corrected chi connectivity index (χ1v) is 9.01. The van der Waals surface area contributed by atoms with E-state index >= 15 is 0 Å². The first-order chi connectivity index (χ1) is 12.1. The molecule has 0 bridgehead atoms. The van der Waals surface area contributed by atoms with Gasteiger partial charge >= 0.3 is 0 Å². The fourth-order valence-corrected chi connectivity index (χ4v) is 3.43. The number of nitrogens with zero attached hydrogens (tertiary/aromatic N) is 5. The van der Waals surface area contributed by atoms with Gasteiger partial charge in [0, 0.05) is 31.4 Å². The molecule has 25 heavy (non-hydrogen) atoms. The summed E-state index contributed by atoms with van der Waals surface area (Å²) < 4.78 is 2.06. The summed E-state index contributed by atoms with van der Waals surface area (Å²) in [6.45, 7) is 9.12. The smallest absolute Gasteiger partial charge is 0.134 e. The first-order valence-electron chi connectivity index (χ1n) is 9.01. The second kappa shape index (κ2) is 7.82. The maximum absolute atomic E-state index is 9.50. The number of rotatable bonds is 7. The Labute approximate surface area is 149 Å². The lowest BCUT2D eigenvalue weighted by Gasteiger charge is -2.24. The van der Waals surface area contributed by atoms with Crippen LogP contribution in [0.15, 0.2) is 18.5 Å². The Bertz CT molecular complexity index is 701. The SMILES string of the molecule is Cc1cc(C)n(C[C@H](C)CNc2cc(N3CCC[C@H]3CO)ncn2)n1. The van der Waals surface area contributed by atoms with Crippen LogP contribution in [-0.2, 0) is 6.54 Å². The predicted octanol–water partition coefficient (Wildman–Crippen LogP) is 2.00. The van der Waals surface area contributed by atoms with Crippen LogP contribution in [0.3, 0.4) is 0 Å². The lowest BCUT2D eigenvalue weighted by atomic mass is 10.2. The fraction of sp³-hybridized carbons (Fsp3) is 0.611. The molecule has 7 heteroatoms. The van der Waals surface area contributed by atoms with Crippen LogP contribution in [0.1, 0.15) is 31.2 Å². The van der Waals surface area contributed by atoms with Crippen LogP contribution in [-0.4, -0.2) is 50.6 Å². The van der Waals surface area contributed by atoms with E-state index in [0.717, 1.165) is 49.8 Å². The highest BCUT2D eigenvalue weighted by Gasteiger charge is 2.25. The van der Waals surface area contributed by atoms with Crippen molar-refractivity contribution < 1.29 is 5.11 Å². The summed E-state index contributed by atoms with van der Waals surface area (Å²) in [6, 6.07) is 4.25. The van der Waals surface area contributed by atoms with Gasteiger partial charge in [0.25, 0.3) is 0 Å². The summed E-state index contributed by atoms with van der Waals surface area (Å²) in [7, 11) is 0. The third-order valence-electron chi connectivity index (χ3n) is 4.75. The molecule has 136 valence electrons. The van der Waals surface area contributed by atoms with Gasteiger partial charge in [-0.15, -0.1) is 0 Å². The Hall–Kier alpha value is -2.15. The minimum Gasteiger partial charge on any atom is -0.394 e. The molecule has 0 aromatic carbocycles. The number of aromatic nitrogens is 4. The van der Waals surface area contributed by atoms with Crippen molar-refractivity contribution in [3.8, 4) is 0 Å². The number of aliphatic hydroxyl groups is 1. The normalized spacial score (nSPS) is 18.6. The Morgan fingerprint density at radius 2 is 2.16 bits per heavy atom. The van der Waals surface area contributed by atoms with E-state index in [-0.39, 0.29) is 12.6 Å². The summed E-state index contributed by atoms with van der Waals surface area (Å²) in [5, 5.41) is 17.4. The summed E-state index contributed by atoms with van der Waals surface area (Å²) in [5.74, 6) is 2.14. The van der Waals surface area contributed by atoms with Crippen LogP contribution in [0, 0.1) is 19.8 Å². The number of anilines is 2. The van der Waals surface area contributed by atoms with E-state index in [9.17, 15) is 5.11 Å². The molecule has 1 aliphatic heterocycles. The molecule has 7 nitrogen and oxygen atoms in total. The van der Waals surface area contributed by atoms with Crippen molar-refractivity contribution in [2.75, 3.05) is 29.9 Å². The highest BCUT2D eigenvalue weighted by Crippen LogP contribution is 2.24. The van der Waals surface area contributed by atoms with Crippen LogP contribution < -0.4 is 10.2 Å². The van der Waals surface area contributed by atoms with Crippen molar-refractivity contribution in [1.82, 2.24) is 19.7 Å². The molecule has 2 aromatic heterocycles. The molecule has 0 radical (unpaired) electrons. The van der Waals surface area contributed by atoms with Gasteiger partial charge < -0.3 is 15.3 Å². The number of nitrogens with one attached hydrogen (secondary N) is 1. The zero-order valence-electron chi connectivity index (χ0n) is 15.3. The van der Waals surface area contributed by atoms with Crippen molar-refractivity contribution >= 4 is 11.6 Å². The molecule has 0 unspecified atom stereocenters. The second-order valence-corrected chi connectivity index (χ2v) is 7.03. The molecule has 2 aromatic rings. The third kappa shape index (κ3) is 4.28. The second-order valence-electron chi connectivity index (χ2n) is 7.03. The Kier molecular flexibility index (Phi) is 5.53. The fourth-order valence-electron chi connectivity index (χ4n) is 3.43. The topological polar surface area (TPSA) is 79.1 Å². The molecular weight excluding hydrogens is 316 g/mol. The van der Waals surface area contributed by atoms with Gasteiger partial charge in [-0.3, -0.25) is 4.68 Å². The zero-order valence-corrected chi connectivity index (χ0v) is 15.3. The van der Waals surface area contributed by atoms with E-state index in [0.29, 0.717) is 5.92 Å². The molecule has 1 aliphatic rings. The van der Waals surface area contributed by atoms with Crippen LogP contribution in [0.2, 0.25) is 0 Å². The summed E-state index contributed by atoms with van der Waals surface area (Å²) in [6.07, 6.45) is 3.71. The van der Waals surface area contributed by atoms with Gasteiger partial charge in [0.15, 0.2) is 0 Å². The minimum absolute atomic E-state index is 0.173. The van der Waals surface area contributed by atoms with Gasteiger partial charge in [-0.2, -0.15) is 5.10 Å². The summed E-state index contributed by atoms with van der Waals surface area (Å²) >= 11 is 0. The molecule has 0 saturated carbocycles. The molecule has 0 spiro atoms. The maximum Gasteiger partial charge on any atom is 0.134 e. The quantitative estimate of drug-likeness (QED) is 0.800. The summed E-state index contributed by atoms with van der Waals surface area (Å²) in [4.78, 5) is 10.9. The molecule has 2 atom stereocenters. The highest BCUT2D eigenvalue weighted by atomic mass is 16.3. The van der Waals surface area contributed by atoms with E-state index in [2.05, 4.69) is 49.9 Å². The molecular formula is C18H28N6O. The largest absolute Gasteiger partial charge is 0.394 e. The Balaban J connectivity index is 1.58. The van der Waals surface area contributed by atoms with Gasteiger partial charge in [0.05, 0.1) is 18.3 Å². The van der Waals surface area contributed by atoms with Crippen molar-refractivity contribution in [3.63, 3.8) is 0 Å². The number of aryl methyl sites for hydroxylation is 2. The number of hydrogen-bond donors (Lipinski definition) is 2. The zero-order chi connectivity index (χ0) is 17.8. The lowest BCUT2D eigenvalue weighted by Crippen LogP contribution is -2.32. The summed E-state index contributed by atoms with van der Waals surface area (Å²) in [5.41, 5.74) is 2.25. The predicted molar refractivity (Wildman–Crippen MR) is 98.8 cm³/mol. The Morgan fingerprint density at radius 3 is 2.88 bits per heavy atom. The van der Waals surface area contributed by atoms with Crippen molar-refractivity contribution in [1.29, 1.82) is 0 Å². The van der Waals surface area contributed by atoms with Crippen LogP contribution >= 0.6 is 0 Å². The number of aliphatic hydroxyl groups excluding tert-OH is 1. The van der Waals surface area contributed by atoms with Crippen molar-refractivity contribution in [2.24, 2.45) is 5.92 Å². The molecule has 3 heterocycles. The van der Waals surface area contributed by atoms with Gasteiger partial charge in [0.2, 0.25) is 0 Å². The van der Waals surface area contributed by atoms with E-state index < -0.39 is 0 Å². The van der Waals surface area contributed by atoms with Gasteiger partial charge in [0.1, 0.15) is 18.0 Å². The third-order valence-corrected chi connectivity index (χ3v) is 4.75. The minimum atomic E-state index is 0.173. The maximum atomic E-state index is 9.50. The number of hydrogen-bond acceptors (Lipinski definition) is 6.